The van der Waals surface area contributed by atoms with Gasteiger partial charge in [-0.2, -0.15) is 0 Å². The number of aliphatic imine (C=N–C) groups is 1. The third kappa shape index (κ3) is 10.9. The fourth-order valence-corrected chi connectivity index (χ4v) is 2.31. The van der Waals surface area contributed by atoms with Gasteiger partial charge >= 0.3 is 5.97 Å². The topological polar surface area (TPSA) is 215 Å². The predicted molar refractivity (Wildman–Crippen MR) is 108 cm³/mol. The molecule has 0 saturated carbocycles. The van der Waals surface area contributed by atoms with Crippen LogP contribution in [0.3, 0.4) is 0 Å². The Morgan fingerprint density at radius 2 is 1.66 bits per heavy atom. The molecule has 4 unspecified atom stereocenters. The minimum atomic E-state index is -1.22. The lowest BCUT2D eigenvalue weighted by Gasteiger charge is -2.27. The van der Waals surface area contributed by atoms with Crippen molar-refractivity contribution < 1.29 is 24.3 Å². The first-order valence-corrected chi connectivity index (χ1v) is 9.40. The van der Waals surface area contributed by atoms with E-state index in [1.807, 2.05) is 6.92 Å². The van der Waals surface area contributed by atoms with Crippen molar-refractivity contribution in [1.29, 1.82) is 0 Å². The summed E-state index contributed by atoms with van der Waals surface area (Å²) in [6.45, 7) is 4.78. The van der Waals surface area contributed by atoms with Crippen molar-refractivity contribution >= 4 is 29.7 Å². The summed E-state index contributed by atoms with van der Waals surface area (Å²) in [4.78, 5) is 51.5. The zero-order chi connectivity index (χ0) is 22.6. The summed E-state index contributed by atoms with van der Waals surface area (Å²) in [7, 11) is 0. The van der Waals surface area contributed by atoms with Crippen LogP contribution in [0.2, 0.25) is 0 Å². The first-order valence-electron chi connectivity index (χ1n) is 9.40. The van der Waals surface area contributed by atoms with Crippen LogP contribution in [0.25, 0.3) is 0 Å². The first kappa shape index (κ1) is 26.1. The number of guanidine groups is 1. The van der Waals surface area contributed by atoms with E-state index in [1.165, 1.54) is 6.92 Å². The lowest BCUT2D eigenvalue weighted by atomic mass is 9.97. The van der Waals surface area contributed by atoms with E-state index in [1.54, 1.807) is 6.92 Å². The van der Waals surface area contributed by atoms with E-state index in [0.29, 0.717) is 12.8 Å². The van der Waals surface area contributed by atoms with Crippen molar-refractivity contribution in [3.8, 4) is 0 Å². The molecule has 0 bridgehead atoms. The standard InChI is InChI=1S/C17H33N7O5/c1-4-9(2)13(24-14(27)10(3)18)16(29)23-11(6-5-7-21-17(19)20)15(28)22-8-12(25)26/h9-11,13H,4-8,18H2,1-3H3,(H,22,28)(H,23,29)(H,24,27)(H,25,26)(H4,19,20,21). The molecular formula is C17H33N7O5. The Morgan fingerprint density at radius 3 is 2.14 bits per heavy atom. The predicted octanol–water partition coefficient (Wildman–Crippen LogP) is -2.40. The minimum Gasteiger partial charge on any atom is -0.480 e. The second-order valence-electron chi connectivity index (χ2n) is 6.78. The Hall–Kier alpha value is -2.89. The van der Waals surface area contributed by atoms with Gasteiger partial charge in [0.25, 0.3) is 0 Å². The second-order valence-corrected chi connectivity index (χ2v) is 6.78. The maximum atomic E-state index is 12.8. The first-order chi connectivity index (χ1) is 13.5. The molecule has 0 aromatic carbocycles. The molecule has 0 aromatic heterocycles. The highest BCUT2D eigenvalue weighted by atomic mass is 16.4. The van der Waals surface area contributed by atoms with Crippen LogP contribution in [-0.2, 0) is 19.2 Å². The lowest BCUT2D eigenvalue weighted by Crippen LogP contribution is -2.57. The van der Waals surface area contributed by atoms with Crippen molar-refractivity contribution in [2.24, 2.45) is 28.1 Å². The van der Waals surface area contributed by atoms with E-state index in [9.17, 15) is 19.2 Å². The van der Waals surface area contributed by atoms with Crippen molar-refractivity contribution in [3.63, 3.8) is 0 Å². The number of carbonyl (C=O) groups excluding carboxylic acids is 3. The fourth-order valence-electron chi connectivity index (χ4n) is 2.31. The van der Waals surface area contributed by atoms with Crippen LogP contribution in [0.15, 0.2) is 4.99 Å². The average molecular weight is 415 g/mol. The van der Waals surface area contributed by atoms with Crippen molar-refractivity contribution in [3.05, 3.63) is 0 Å². The molecule has 10 N–H and O–H groups in total. The van der Waals surface area contributed by atoms with E-state index >= 15 is 0 Å². The largest absolute Gasteiger partial charge is 0.480 e. The van der Waals surface area contributed by atoms with E-state index < -0.39 is 48.4 Å². The number of amides is 3. The molecule has 0 radical (unpaired) electrons. The quantitative estimate of drug-likeness (QED) is 0.0975. The van der Waals surface area contributed by atoms with Gasteiger partial charge in [0, 0.05) is 6.54 Å². The lowest BCUT2D eigenvalue weighted by molar-refractivity contribution is -0.138. The van der Waals surface area contributed by atoms with E-state index in [4.69, 9.17) is 22.3 Å². The molecule has 0 rings (SSSR count). The van der Waals surface area contributed by atoms with Gasteiger partial charge in [0.15, 0.2) is 5.96 Å². The number of hydrogen-bond acceptors (Lipinski definition) is 6. The van der Waals surface area contributed by atoms with Gasteiger partial charge in [0.05, 0.1) is 6.04 Å². The molecule has 0 aliphatic heterocycles. The SMILES string of the molecule is CCC(C)C(NC(=O)C(C)N)C(=O)NC(CCCN=C(N)N)C(=O)NCC(=O)O. The minimum absolute atomic E-state index is 0.101. The molecule has 0 fully saturated rings. The molecule has 12 heteroatoms. The number of nitrogens with one attached hydrogen (secondary N) is 3. The van der Waals surface area contributed by atoms with Gasteiger partial charge < -0.3 is 38.3 Å². The summed E-state index contributed by atoms with van der Waals surface area (Å²) in [5.74, 6) is -3.26. The van der Waals surface area contributed by atoms with Crippen LogP contribution in [0.1, 0.15) is 40.0 Å². The maximum Gasteiger partial charge on any atom is 0.322 e. The zero-order valence-electron chi connectivity index (χ0n) is 17.1. The third-order valence-electron chi connectivity index (χ3n) is 4.20. The van der Waals surface area contributed by atoms with E-state index in [2.05, 4.69) is 20.9 Å². The summed E-state index contributed by atoms with van der Waals surface area (Å²) in [6.07, 6.45) is 1.13. The number of nitrogens with two attached hydrogens (primary N) is 3. The number of carboxylic acid groups (broad SMARTS) is 1. The maximum absolute atomic E-state index is 12.8. The van der Waals surface area contributed by atoms with Gasteiger partial charge in [-0.05, 0) is 25.7 Å². The monoisotopic (exact) mass is 415 g/mol. The van der Waals surface area contributed by atoms with Crippen molar-refractivity contribution in [2.45, 2.75) is 58.2 Å². The molecule has 0 spiro atoms. The Balaban J connectivity index is 5.26. The molecule has 29 heavy (non-hydrogen) atoms. The number of carbonyl (C=O) groups is 4. The molecule has 0 aromatic rings. The van der Waals surface area contributed by atoms with E-state index in [0.717, 1.165) is 0 Å². The summed E-state index contributed by atoms with van der Waals surface area (Å²) in [5, 5.41) is 16.1. The molecule has 0 aliphatic rings. The molecule has 3 amide bonds. The number of hydrogen-bond donors (Lipinski definition) is 7. The molecular weight excluding hydrogens is 382 g/mol. The third-order valence-corrected chi connectivity index (χ3v) is 4.20. The van der Waals surface area contributed by atoms with Gasteiger partial charge in [-0.15, -0.1) is 0 Å². The Bertz CT molecular complexity index is 605. The normalized spacial score (nSPS) is 14.6. The fraction of sp³-hybridized carbons (Fsp3) is 0.706. The van der Waals surface area contributed by atoms with Crippen molar-refractivity contribution in [1.82, 2.24) is 16.0 Å². The smallest absolute Gasteiger partial charge is 0.322 e. The summed E-state index contributed by atoms with van der Waals surface area (Å²) in [5.41, 5.74) is 16.1. The zero-order valence-corrected chi connectivity index (χ0v) is 17.1. The van der Waals surface area contributed by atoms with Gasteiger partial charge in [-0.1, -0.05) is 20.3 Å². The number of carboxylic acids is 1. The summed E-state index contributed by atoms with van der Waals surface area (Å²) >= 11 is 0. The number of rotatable bonds is 13. The molecule has 0 aliphatic carbocycles. The van der Waals surface area contributed by atoms with Gasteiger partial charge in [0.1, 0.15) is 18.6 Å². The van der Waals surface area contributed by atoms with Gasteiger partial charge in [-0.3, -0.25) is 24.2 Å². The Kier molecular flexibility index (Phi) is 12.0. The second kappa shape index (κ2) is 13.3. The highest BCUT2D eigenvalue weighted by Crippen LogP contribution is 2.10. The van der Waals surface area contributed by atoms with Crippen LogP contribution in [0, 0.1) is 5.92 Å². The highest BCUT2D eigenvalue weighted by Gasteiger charge is 2.30. The Labute approximate surface area is 170 Å². The molecule has 166 valence electrons. The number of aliphatic carboxylic acids is 1. The van der Waals surface area contributed by atoms with Gasteiger partial charge in [-0.25, -0.2) is 0 Å². The van der Waals surface area contributed by atoms with Crippen LogP contribution in [0.5, 0.6) is 0 Å². The molecule has 0 heterocycles. The van der Waals surface area contributed by atoms with E-state index in [-0.39, 0.29) is 24.8 Å². The van der Waals surface area contributed by atoms with Crippen molar-refractivity contribution in [2.75, 3.05) is 13.1 Å². The summed E-state index contributed by atoms with van der Waals surface area (Å²) < 4.78 is 0. The number of nitrogens with zero attached hydrogens (tertiary/aromatic N) is 1. The van der Waals surface area contributed by atoms with Gasteiger partial charge in [0.2, 0.25) is 17.7 Å². The molecule has 4 atom stereocenters. The van der Waals surface area contributed by atoms with Crippen LogP contribution >= 0.6 is 0 Å². The molecule has 12 nitrogen and oxygen atoms in total. The Morgan fingerprint density at radius 1 is 1.03 bits per heavy atom. The van der Waals surface area contributed by atoms with Crippen LogP contribution < -0.4 is 33.2 Å². The van der Waals surface area contributed by atoms with Crippen LogP contribution in [-0.4, -0.2) is 66.0 Å². The van der Waals surface area contributed by atoms with Crippen LogP contribution in [0.4, 0.5) is 0 Å². The average Bonchev–Trinajstić information content (AvgIpc) is 2.64. The highest BCUT2D eigenvalue weighted by molar-refractivity contribution is 5.93. The summed E-state index contributed by atoms with van der Waals surface area (Å²) in [6, 6.07) is -2.72. The molecule has 0 saturated heterocycles.